The molecule has 1 N–H and O–H groups in total. The smallest absolute Gasteiger partial charge is 0.242 e. The van der Waals surface area contributed by atoms with Crippen LogP contribution < -0.4 is 15.0 Å². The predicted molar refractivity (Wildman–Crippen MR) is 127 cm³/mol. The van der Waals surface area contributed by atoms with Crippen LogP contribution in [0, 0.1) is 18.8 Å². The second kappa shape index (κ2) is 8.33. The highest BCUT2D eigenvalue weighted by atomic mass is 35.5. The molecule has 4 heterocycles. The zero-order valence-electron chi connectivity index (χ0n) is 18.3. The van der Waals surface area contributed by atoms with Gasteiger partial charge in [-0.15, -0.1) is 5.10 Å². The summed E-state index contributed by atoms with van der Waals surface area (Å²) in [6, 6.07) is 7.69. The number of aromatic nitrogens is 5. The van der Waals surface area contributed by atoms with E-state index in [1.54, 1.807) is 24.5 Å². The Balaban J connectivity index is 1.15. The number of ether oxygens (including phenoxy) is 1. The number of benzene rings is 1. The standard InChI is InChI=1S/C23H25Cl2N7O/c1-13-6-20(27-12-26-13)31-10-14-2-3-15(11-31)21(14)28-23-29-22-19(4-5-32(22)30-23)33-18-8-16(24)7-17(25)9-18/h6-9,12,14-15,19,21H,2-5,10-11H2,1H3,(H,28,30)/t14-,15+,19-,21?/m0/s1. The molecule has 0 amide bonds. The van der Waals surface area contributed by atoms with Gasteiger partial charge in [-0.1, -0.05) is 23.2 Å². The molecule has 1 aromatic carbocycles. The van der Waals surface area contributed by atoms with Crippen molar-refractivity contribution in [2.45, 2.75) is 44.9 Å². The van der Waals surface area contributed by atoms with Crippen LogP contribution in [-0.2, 0) is 6.54 Å². The molecule has 3 aliphatic rings. The summed E-state index contributed by atoms with van der Waals surface area (Å²) in [4.78, 5) is 15.9. The Bertz CT molecular complexity index is 1150. The van der Waals surface area contributed by atoms with Gasteiger partial charge in [-0.3, -0.25) is 0 Å². The van der Waals surface area contributed by atoms with Crippen molar-refractivity contribution in [3.63, 3.8) is 0 Å². The first-order chi connectivity index (χ1) is 16.0. The lowest BCUT2D eigenvalue weighted by Crippen LogP contribution is -2.48. The summed E-state index contributed by atoms with van der Waals surface area (Å²) in [5.41, 5.74) is 1.00. The third-order valence-corrected chi connectivity index (χ3v) is 7.39. The molecule has 33 heavy (non-hydrogen) atoms. The molecule has 10 heteroatoms. The van der Waals surface area contributed by atoms with E-state index in [0.29, 0.717) is 39.6 Å². The number of hydrogen-bond donors (Lipinski definition) is 1. The summed E-state index contributed by atoms with van der Waals surface area (Å²) in [7, 11) is 0. The number of nitrogens with zero attached hydrogens (tertiary/aromatic N) is 6. The molecule has 1 saturated heterocycles. The highest BCUT2D eigenvalue weighted by molar-refractivity contribution is 6.34. The van der Waals surface area contributed by atoms with E-state index in [-0.39, 0.29) is 6.10 Å². The first-order valence-electron chi connectivity index (χ1n) is 11.4. The van der Waals surface area contributed by atoms with E-state index >= 15 is 0 Å². The minimum atomic E-state index is -0.165. The van der Waals surface area contributed by atoms with Crippen LogP contribution in [0.25, 0.3) is 0 Å². The highest BCUT2D eigenvalue weighted by Crippen LogP contribution is 2.40. The van der Waals surface area contributed by atoms with Gasteiger partial charge < -0.3 is 15.0 Å². The van der Waals surface area contributed by atoms with E-state index in [9.17, 15) is 0 Å². The van der Waals surface area contributed by atoms with Crippen molar-refractivity contribution in [2.24, 2.45) is 11.8 Å². The third kappa shape index (κ3) is 4.10. The van der Waals surface area contributed by atoms with E-state index < -0.39 is 0 Å². The van der Waals surface area contributed by atoms with Crippen molar-refractivity contribution in [1.29, 1.82) is 0 Å². The largest absolute Gasteiger partial charge is 0.482 e. The summed E-state index contributed by atoms with van der Waals surface area (Å²) in [6.45, 7) is 4.76. The van der Waals surface area contributed by atoms with Gasteiger partial charge in [-0.2, -0.15) is 4.98 Å². The lowest BCUT2D eigenvalue weighted by atomic mass is 9.92. The fraction of sp³-hybridized carbons (Fsp3) is 0.478. The first-order valence-corrected chi connectivity index (χ1v) is 12.1. The summed E-state index contributed by atoms with van der Waals surface area (Å²) >= 11 is 12.2. The SMILES string of the molecule is Cc1cc(N2C[C@H]3CC[C@@H](C2)C3Nc2nc3n(n2)CC[C@@H]3Oc2cc(Cl)cc(Cl)c2)ncn1. The Labute approximate surface area is 202 Å². The van der Waals surface area contributed by atoms with E-state index in [2.05, 4.69) is 26.3 Å². The van der Waals surface area contributed by atoms with E-state index in [1.807, 2.05) is 11.6 Å². The number of fused-ring (bicyclic) bond motifs is 3. The van der Waals surface area contributed by atoms with Crippen LogP contribution >= 0.6 is 23.2 Å². The van der Waals surface area contributed by atoms with Gasteiger partial charge in [0, 0.05) is 53.9 Å². The second-order valence-corrected chi connectivity index (χ2v) is 10.1. The van der Waals surface area contributed by atoms with Gasteiger partial charge in [0.15, 0.2) is 11.9 Å². The average molecular weight is 486 g/mol. The van der Waals surface area contributed by atoms with Crippen molar-refractivity contribution in [1.82, 2.24) is 24.7 Å². The number of anilines is 2. The summed E-state index contributed by atoms with van der Waals surface area (Å²) < 4.78 is 8.10. The fourth-order valence-corrected chi connectivity index (χ4v) is 5.97. The van der Waals surface area contributed by atoms with Crippen LogP contribution in [0.5, 0.6) is 5.75 Å². The van der Waals surface area contributed by atoms with Crippen molar-refractivity contribution >= 4 is 35.0 Å². The molecule has 2 bridgehead atoms. The lowest BCUT2D eigenvalue weighted by molar-refractivity contribution is 0.203. The summed E-state index contributed by atoms with van der Waals surface area (Å²) in [5.74, 6) is 4.29. The zero-order valence-corrected chi connectivity index (χ0v) is 19.8. The first kappa shape index (κ1) is 21.0. The van der Waals surface area contributed by atoms with Crippen LogP contribution in [0.15, 0.2) is 30.6 Å². The van der Waals surface area contributed by atoms with Crippen molar-refractivity contribution in [3.05, 3.63) is 52.2 Å². The molecular weight excluding hydrogens is 461 g/mol. The Morgan fingerprint density at radius 1 is 1.00 bits per heavy atom. The van der Waals surface area contributed by atoms with Crippen LogP contribution in [0.4, 0.5) is 11.8 Å². The predicted octanol–water partition coefficient (Wildman–Crippen LogP) is 4.53. The normalized spacial score (nSPS) is 25.8. The van der Waals surface area contributed by atoms with Gasteiger partial charge >= 0.3 is 0 Å². The van der Waals surface area contributed by atoms with Gasteiger partial charge in [-0.05, 0) is 49.8 Å². The minimum absolute atomic E-state index is 0.165. The maximum Gasteiger partial charge on any atom is 0.242 e. The van der Waals surface area contributed by atoms with E-state index in [0.717, 1.165) is 43.4 Å². The Kier molecular flexibility index (Phi) is 5.30. The second-order valence-electron chi connectivity index (χ2n) is 9.21. The van der Waals surface area contributed by atoms with Gasteiger partial charge in [0.05, 0.1) is 0 Å². The number of rotatable bonds is 5. The number of piperidine rings is 1. The molecule has 8 nitrogen and oxygen atoms in total. The molecule has 4 atom stereocenters. The monoisotopic (exact) mass is 485 g/mol. The number of halogens is 2. The number of aryl methyl sites for hydroxylation is 2. The minimum Gasteiger partial charge on any atom is -0.482 e. The Morgan fingerprint density at radius 3 is 2.48 bits per heavy atom. The molecule has 3 aromatic rings. The van der Waals surface area contributed by atoms with Crippen molar-refractivity contribution < 1.29 is 4.74 Å². The zero-order chi connectivity index (χ0) is 22.5. The number of nitrogens with one attached hydrogen (secondary N) is 1. The van der Waals surface area contributed by atoms with E-state index in [1.165, 1.54) is 12.8 Å². The molecule has 172 valence electrons. The van der Waals surface area contributed by atoms with Gasteiger partial charge in [0.25, 0.3) is 0 Å². The fourth-order valence-electron chi connectivity index (χ4n) is 5.47. The maximum absolute atomic E-state index is 6.16. The van der Waals surface area contributed by atoms with Crippen molar-refractivity contribution in [3.8, 4) is 5.75 Å². The molecule has 0 radical (unpaired) electrons. The molecule has 1 unspecified atom stereocenters. The van der Waals surface area contributed by atoms with Gasteiger partial charge in [-0.25, -0.2) is 14.6 Å². The maximum atomic E-state index is 6.16. The molecule has 2 aliphatic heterocycles. The third-order valence-electron chi connectivity index (χ3n) is 6.95. The topological polar surface area (TPSA) is 81.0 Å². The Hall–Kier alpha value is -2.58. The quantitative estimate of drug-likeness (QED) is 0.568. The molecule has 1 saturated carbocycles. The lowest BCUT2D eigenvalue weighted by Gasteiger charge is -2.38. The van der Waals surface area contributed by atoms with E-state index in [4.69, 9.17) is 38.0 Å². The molecule has 2 fully saturated rings. The molecule has 6 rings (SSSR count). The molecule has 2 aromatic heterocycles. The van der Waals surface area contributed by atoms with Crippen LogP contribution in [-0.4, -0.2) is 43.9 Å². The highest BCUT2D eigenvalue weighted by Gasteiger charge is 2.43. The van der Waals surface area contributed by atoms with Crippen molar-refractivity contribution in [2.75, 3.05) is 23.3 Å². The average Bonchev–Trinajstić information content (AvgIpc) is 3.39. The van der Waals surface area contributed by atoms with Gasteiger partial charge in [0.1, 0.15) is 17.9 Å². The van der Waals surface area contributed by atoms with Crippen LogP contribution in [0.2, 0.25) is 10.0 Å². The Morgan fingerprint density at radius 2 is 1.76 bits per heavy atom. The number of hydrogen-bond acceptors (Lipinski definition) is 7. The molecular formula is C23H25Cl2N7O. The molecule has 0 spiro atoms. The summed E-state index contributed by atoms with van der Waals surface area (Å²) in [5, 5.41) is 9.49. The van der Waals surface area contributed by atoms with Gasteiger partial charge in [0.2, 0.25) is 5.95 Å². The molecule has 1 aliphatic carbocycles. The summed E-state index contributed by atoms with van der Waals surface area (Å²) in [6.07, 6.45) is 4.72. The van der Waals surface area contributed by atoms with Crippen LogP contribution in [0.3, 0.4) is 0 Å². The van der Waals surface area contributed by atoms with Crippen LogP contribution in [0.1, 0.15) is 36.9 Å².